The molecule has 0 N–H and O–H groups in total. The minimum absolute atomic E-state index is 0.967. The summed E-state index contributed by atoms with van der Waals surface area (Å²) in [5.74, 6) is 0.967. The first-order valence-corrected chi connectivity index (χ1v) is 10.6. The van der Waals surface area contributed by atoms with Crippen molar-refractivity contribution in [2.24, 2.45) is 7.05 Å². The van der Waals surface area contributed by atoms with E-state index in [-0.39, 0.29) is 0 Å². The molecular weight excluding hydrogens is 376 g/mol. The zero-order valence-electron chi connectivity index (χ0n) is 17.8. The van der Waals surface area contributed by atoms with Gasteiger partial charge in [-0.15, -0.1) is 0 Å². The van der Waals surface area contributed by atoms with Gasteiger partial charge in [-0.25, -0.2) is 4.98 Å². The summed E-state index contributed by atoms with van der Waals surface area (Å²) in [7, 11) is 2.12. The molecule has 0 saturated carbocycles. The fourth-order valence-corrected chi connectivity index (χ4v) is 4.21. The summed E-state index contributed by atoms with van der Waals surface area (Å²) in [6, 6.07) is 38.2. The fourth-order valence-electron chi connectivity index (χ4n) is 4.21. The van der Waals surface area contributed by atoms with Gasteiger partial charge in [0.2, 0.25) is 0 Å². The van der Waals surface area contributed by atoms with Crippen LogP contribution in [0.25, 0.3) is 45.0 Å². The van der Waals surface area contributed by atoms with Crippen LogP contribution in [-0.2, 0) is 7.05 Å². The van der Waals surface area contributed by atoms with Gasteiger partial charge in [-0.3, -0.25) is 0 Å². The van der Waals surface area contributed by atoms with Crippen molar-refractivity contribution < 1.29 is 0 Å². The second-order valence-corrected chi connectivity index (χ2v) is 7.84. The molecular formula is C29H24N2. The van der Waals surface area contributed by atoms with Crippen LogP contribution < -0.4 is 0 Å². The fraction of sp³-hybridized carbons (Fsp3) is 0.0690. The van der Waals surface area contributed by atoms with Crippen LogP contribution >= 0.6 is 0 Å². The quantitative estimate of drug-likeness (QED) is 0.307. The molecule has 0 atom stereocenters. The second kappa shape index (κ2) is 8.08. The molecule has 0 aliphatic heterocycles. The monoisotopic (exact) mass is 400 g/mol. The predicted molar refractivity (Wildman–Crippen MR) is 130 cm³/mol. The first-order valence-electron chi connectivity index (χ1n) is 10.6. The van der Waals surface area contributed by atoms with Crippen LogP contribution in [-0.4, -0.2) is 9.55 Å². The van der Waals surface area contributed by atoms with E-state index in [1.807, 2.05) is 6.07 Å². The van der Waals surface area contributed by atoms with E-state index < -0.39 is 0 Å². The minimum Gasteiger partial charge on any atom is -0.327 e. The van der Waals surface area contributed by atoms with Crippen molar-refractivity contribution in [3.63, 3.8) is 0 Å². The van der Waals surface area contributed by atoms with Crippen molar-refractivity contribution in [2.75, 3.05) is 0 Å². The summed E-state index contributed by atoms with van der Waals surface area (Å²) in [5, 5.41) is 0. The summed E-state index contributed by atoms with van der Waals surface area (Å²) in [5.41, 5.74) is 9.20. The molecule has 0 aliphatic carbocycles. The first-order chi connectivity index (χ1) is 15.2. The Balaban J connectivity index is 1.77. The molecule has 2 heteroatoms. The zero-order valence-corrected chi connectivity index (χ0v) is 17.8. The number of benzene rings is 4. The zero-order chi connectivity index (χ0) is 21.2. The van der Waals surface area contributed by atoms with Crippen molar-refractivity contribution in [3.05, 3.63) is 115 Å². The molecule has 0 amide bonds. The normalized spacial score (nSPS) is 10.9. The third-order valence-corrected chi connectivity index (χ3v) is 5.69. The molecule has 5 aromatic rings. The van der Waals surface area contributed by atoms with E-state index in [2.05, 4.69) is 122 Å². The molecule has 0 spiro atoms. The van der Waals surface area contributed by atoms with Crippen molar-refractivity contribution >= 4 is 0 Å². The lowest BCUT2D eigenvalue weighted by atomic mass is 9.98. The Bertz CT molecular complexity index is 1330. The van der Waals surface area contributed by atoms with E-state index in [0.717, 1.165) is 33.9 Å². The number of imidazole rings is 1. The van der Waals surface area contributed by atoms with E-state index in [9.17, 15) is 0 Å². The maximum absolute atomic E-state index is 5.20. The molecule has 0 fully saturated rings. The number of hydrogen-bond donors (Lipinski definition) is 0. The number of rotatable bonds is 4. The standard InChI is InChI=1S/C29H24N2/c1-21-12-11-17-24(20-21)25-18-9-10-19-26(25)29-30-27(22-13-5-3-6-14-22)28(31(29)2)23-15-7-4-8-16-23/h3-20H,1-2H3. The molecule has 0 aliphatic rings. The third kappa shape index (κ3) is 3.57. The molecule has 5 rings (SSSR count). The van der Waals surface area contributed by atoms with Gasteiger partial charge in [0, 0.05) is 23.7 Å². The summed E-state index contributed by atoms with van der Waals surface area (Å²) in [6.07, 6.45) is 0. The van der Waals surface area contributed by atoms with E-state index >= 15 is 0 Å². The van der Waals surface area contributed by atoms with Crippen molar-refractivity contribution in [3.8, 4) is 45.0 Å². The lowest BCUT2D eigenvalue weighted by Crippen LogP contribution is -1.97. The van der Waals surface area contributed by atoms with Crippen LogP contribution in [0.1, 0.15) is 5.56 Å². The molecule has 0 saturated heterocycles. The molecule has 2 nitrogen and oxygen atoms in total. The van der Waals surface area contributed by atoms with Crippen molar-refractivity contribution in [2.45, 2.75) is 6.92 Å². The van der Waals surface area contributed by atoms with Gasteiger partial charge in [0.1, 0.15) is 5.82 Å². The molecule has 150 valence electrons. The Morgan fingerprint density at radius 1 is 0.581 bits per heavy atom. The van der Waals surface area contributed by atoms with Gasteiger partial charge in [0.05, 0.1) is 11.4 Å². The van der Waals surface area contributed by atoms with Crippen LogP contribution in [0.5, 0.6) is 0 Å². The van der Waals surface area contributed by atoms with Gasteiger partial charge in [0.15, 0.2) is 0 Å². The van der Waals surface area contributed by atoms with Gasteiger partial charge in [-0.1, -0.05) is 115 Å². The van der Waals surface area contributed by atoms with Crippen LogP contribution in [0.2, 0.25) is 0 Å². The largest absolute Gasteiger partial charge is 0.327 e. The van der Waals surface area contributed by atoms with Gasteiger partial charge in [-0.05, 0) is 18.1 Å². The van der Waals surface area contributed by atoms with E-state index in [4.69, 9.17) is 4.98 Å². The number of aryl methyl sites for hydroxylation is 1. The van der Waals surface area contributed by atoms with Crippen molar-refractivity contribution in [1.29, 1.82) is 0 Å². The number of hydrogen-bond acceptors (Lipinski definition) is 1. The predicted octanol–water partition coefficient (Wildman–Crippen LogP) is 7.40. The molecule has 1 heterocycles. The lowest BCUT2D eigenvalue weighted by Gasteiger charge is -2.12. The Morgan fingerprint density at radius 2 is 1.16 bits per heavy atom. The highest BCUT2D eigenvalue weighted by molar-refractivity contribution is 5.86. The van der Waals surface area contributed by atoms with Gasteiger partial charge >= 0.3 is 0 Å². The second-order valence-electron chi connectivity index (χ2n) is 7.84. The van der Waals surface area contributed by atoms with Crippen LogP contribution in [0.15, 0.2) is 109 Å². The van der Waals surface area contributed by atoms with Crippen LogP contribution in [0.3, 0.4) is 0 Å². The topological polar surface area (TPSA) is 17.8 Å². The maximum atomic E-state index is 5.20. The average molecular weight is 401 g/mol. The highest BCUT2D eigenvalue weighted by atomic mass is 15.1. The molecule has 1 aromatic heterocycles. The van der Waals surface area contributed by atoms with Crippen LogP contribution in [0, 0.1) is 6.92 Å². The Kier molecular flexibility index (Phi) is 4.97. The molecule has 31 heavy (non-hydrogen) atoms. The maximum Gasteiger partial charge on any atom is 0.141 e. The SMILES string of the molecule is Cc1cccc(-c2ccccc2-c2nc(-c3ccccc3)c(-c3ccccc3)n2C)c1. The Hall–Kier alpha value is -3.91. The molecule has 4 aromatic carbocycles. The van der Waals surface area contributed by atoms with Gasteiger partial charge < -0.3 is 4.57 Å². The lowest BCUT2D eigenvalue weighted by molar-refractivity contribution is 0.933. The first kappa shape index (κ1) is 19.1. The molecule has 0 unspecified atom stereocenters. The molecule has 0 bridgehead atoms. The third-order valence-electron chi connectivity index (χ3n) is 5.69. The summed E-state index contributed by atoms with van der Waals surface area (Å²) in [4.78, 5) is 5.20. The minimum atomic E-state index is 0.967. The highest BCUT2D eigenvalue weighted by Gasteiger charge is 2.20. The van der Waals surface area contributed by atoms with E-state index in [1.54, 1.807) is 0 Å². The summed E-state index contributed by atoms with van der Waals surface area (Å²) < 4.78 is 2.23. The van der Waals surface area contributed by atoms with Gasteiger partial charge in [-0.2, -0.15) is 0 Å². The van der Waals surface area contributed by atoms with Gasteiger partial charge in [0.25, 0.3) is 0 Å². The van der Waals surface area contributed by atoms with E-state index in [0.29, 0.717) is 0 Å². The highest BCUT2D eigenvalue weighted by Crippen LogP contribution is 2.38. The smallest absolute Gasteiger partial charge is 0.141 e. The number of aromatic nitrogens is 2. The summed E-state index contributed by atoms with van der Waals surface area (Å²) >= 11 is 0. The van der Waals surface area contributed by atoms with Crippen LogP contribution in [0.4, 0.5) is 0 Å². The molecule has 0 radical (unpaired) electrons. The Labute approximate surface area is 183 Å². The average Bonchev–Trinajstić information content (AvgIpc) is 3.17. The van der Waals surface area contributed by atoms with Crippen molar-refractivity contribution in [1.82, 2.24) is 9.55 Å². The van der Waals surface area contributed by atoms with E-state index in [1.165, 1.54) is 16.7 Å². The Morgan fingerprint density at radius 3 is 1.84 bits per heavy atom. The number of nitrogens with zero attached hydrogens (tertiary/aromatic N) is 2. The summed E-state index contributed by atoms with van der Waals surface area (Å²) in [6.45, 7) is 2.13.